The molecule has 0 bridgehead atoms. The van der Waals surface area contributed by atoms with Crippen LogP contribution in [0.3, 0.4) is 0 Å². The van der Waals surface area contributed by atoms with Gasteiger partial charge < -0.3 is 19.8 Å². The van der Waals surface area contributed by atoms with Crippen LogP contribution in [-0.2, 0) is 4.74 Å². The number of carbonyl (C=O) groups excluding carboxylic acids is 2. The van der Waals surface area contributed by atoms with Gasteiger partial charge >= 0.3 is 0 Å². The summed E-state index contributed by atoms with van der Waals surface area (Å²) in [7, 11) is 1.45. The minimum absolute atomic E-state index is 0.0149. The zero-order chi connectivity index (χ0) is 15.9. The zero-order valence-corrected chi connectivity index (χ0v) is 11.9. The van der Waals surface area contributed by atoms with E-state index in [1.807, 2.05) is 0 Å². The average molecular weight is 306 g/mol. The highest BCUT2D eigenvalue weighted by Gasteiger charge is 2.14. The summed E-state index contributed by atoms with van der Waals surface area (Å²) >= 11 is 0. The van der Waals surface area contributed by atoms with Crippen molar-refractivity contribution >= 4 is 11.7 Å². The fourth-order valence-electron chi connectivity index (χ4n) is 1.76. The van der Waals surface area contributed by atoms with Crippen molar-refractivity contribution in [3.63, 3.8) is 0 Å². The van der Waals surface area contributed by atoms with Gasteiger partial charge in [-0.25, -0.2) is 4.39 Å². The van der Waals surface area contributed by atoms with E-state index in [9.17, 15) is 14.0 Å². The molecule has 0 saturated carbocycles. The van der Waals surface area contributed by atoms with Gasteiger partial charge in [-0.15, -0.1) is 0 Å². The molecule has 2 aromatic rings. The number of methoxy groups -OCH3 is 1. The van der Waals surface area contributed by atoms with Crippen LogP contribution in [0.1, 0.15) is 20.8 Å². The van der Waals surface area contributed by atoms with Crippen LogP contribution >= 0.6 is 0 Å². The molecule has 0 atom stereocenters. The van der Waals surface area contributed by atoms with Crippen molar-refractivity contribution in [2.75, 3.05) is 20.4 Å². The molecule has 22 heavy (non-hydrogen) atoms. The molecule has 0 spiro atoms. The monoisotopic (exact) mass is 306 g/mol. The number of rotatable bonds is 7. The molecule has 0 aliphatic heterocycles. The number of carbonyl (C=O) groups is 2. The Bertz CT molecular complexity index is 656. The Labute approximate surface area is 126 Å². The lowest BCUT2D eigenvalue weighted by molar-refractivity contribution is 0.0509. The number of Topliss-reactive ketones (excluding diaryl/α,β-unsaturated/α-hetero) is 1. The number of nitrogens with one attached hydrogen (secondary N) is 2. The largest absolute Gasteiger partial charge is 0.467 e. The summed E-state index contributed by atoms with van der Waals surface area (Å²) < 4.78 is 23.6. The smallest absolute Gasteiger partial charge is 0.268 e. The van der Waals surface area contributed by atoms with Crippen molar-refractivity contribution in [2.45, 2.75) is 0 Å². The maximum atomic E-state index is 13.9. The van der Waals surface area contributed by atoms with E-state index in [0.29, 0.717) is 5.69 Å². The molecule has 0 saturated heterocycles. The molecule has 6 nitrogen and oxygen atoms in total. The van der Waals surface area contributed by atoms with Gasteiger partial charge in [0.1, 0.15) is 17.3 Å². The number of amides is 1. The van der Waals surface area contributed by atoms with E-state index >= 15 is 0 Å². The van der Waals surface area contributed by atoms with Crippen molar-refractivity contribution < 1.29 is 23.5 Å². The Morgan fingerprint density at radius 3 is 2.77 bits per heavy atom. The topological polar surface area (TPSA) is 80.4 Å². The van der Waals surface area contributed by atoms with Crippen LogP contribution in [0.5, 0.6) is 5.75 Å². The zero-order valence-electron chi connectivity index (χ0n) is 11.9. The van der Waals surface area contributed by atoms with Gasteiger partial charge in [0.05, 0.1) is 12.1 Å². The third-order valence-corrected chi connectivity index (χ3v) is 2.84. The number of H-pyrrole nitrogens is 1. The predicted molar refractivity (Wildman–Crippen MR) is 76.4 cm³/mol. The molecule has 0 aliphatic carbocycles. The van der Waals surface area contributed by atoms with E-state index in [4.69, 9.17) is 9.47 Å². The second kappa shape index (κ2) is 7.37. The minimum Gasteiger partial charge on any atom is -0.467 e. The SMILES string of the molecule is COCOc1ccc(C(=O)CNC(=O)c2ccc[nH]2)c(F)c1. The van der Waals surface area contributed by atoms with Crippen LogP contribution < -0.4 is 10.1 Å². The third-order valence-electron chi connectivity index (χ3n) is 2.84. The van der Waals surface area contributed by atoms with Crippen LogP contribution in [0.2, 0.25) is 0 Å². The third kappa shape index (κ3) is 3.92. The summed E-state index contributed by atoms with van der Waals surface area (Å²) in [4.78, 5) is 26.3. The maximum Gasteiger partial charge on any atom is 0.268 e. The summed E-state index contributed by atoms with van der Waals surface area (Å²) in [5, 5.41) is 2.42. The standard InChI is InChI=1S/C15H15FN2O4/c1-21-9-22-10-4-5-11(12(16)7-10)14(19)8-18-15(20)13-3-2-6-17-13/h2-7,17H,8-9H2,1H3,(H,18,20). The maximum absolute atomic E-state index is 13.9. The molecule has 7 heteroatoms. The Morgan fingerprint density at radius 1 is 1.32 bits per heavy atom. The van der Waals surface area contributed by atoms with Crippen molar-refractivity contribution in [1.82, 2.24) is 10.3 Å². The van der Waals surface area contributed by atoms with E-state index < -0.39 is 17.5 Å². The molecule has 1 aromatic heterocycles. The van der Waals surface area contributed by atoms with Crippen molar-refractivity contribution in [1.29, 1.82) is 0 Å². The van der Waals surface area contributed by atoms with Gasteiger partial charge in [-0.2, -0.15) is 0 Å². The van der Waals surface area contributed by atoms with Crippen LogP contribution in [0, 0.1) is 5.82 Å². The van der Waals surface area contributed by atoms with Gasteiger partial charge in [-0.1, -0.05) is 0 Å². The normalized spacial score (nSPS) is 10.3. The Morgan fingerprint density at radius 2 is 2.14 bits per heavy atom. The first-order valence-electron chi connectivity index (χ1n) is 6.48. The Kier molecular flexibility index (Phi) is 5.26. The fraction of sp³-hybridized carbons (Fsp3) is 0.200. The van der Waals surface area contributed by atoms with Gasteiger partial charge in [0.25, 0.3) is 5.91 Å². The molecule has 1 amide bonds. The van der Waals surface area contributed by atoms with Gasteiger partial charge in [0.2, 0.25) is 0 Å². The molecule has 2 N–H and O–H groups in total. The van der Waals surface area contributed by atoms with Crippen LogP contribution in [0.4, 0.5) is 4.39 Å². The molecule has 0 fully saturated rings. The van der Waals surface area contributed by atoms with E-state index in [-0.39, 0.29) is 24.7 Å². The van der Waals surface area contributed by atoms with Crippen LogP contribution in [0.15, 0.2) is 36.5 Å². The number of ether oxygens (including phenoxy) is 2. The number of hydrogen-bond acceptors (Lipinski definition) is 4. The highest BCUT2D eigenvalue weighted by Crippen LogP contribution is 2.17. The molecule has 116 valence electrons. The van der Waals surface area contributed by atoms with Crippen LogP contribution in [0.25, 0.3) is 0 Å². The predicted octanol–water partition coefficient (Wildman–Crippen LogP) is 1.75. The summed E-state index contributed by atoms with van der Waals surface area (Å²) in [5.41, 5.74) is 0.216. The summed E-state index contributed by atoms with van der Waals surface area (Å²) in [6.45, 7) is -0.314. The van der Waals surface area contributed by atoms with Gasteiger partial charge in [-0.3, -0.25) is 9.59 Å². The second-order valence-corrected chi connectivity index (χ2v) is 4.38. The number of ketones is 1. The number of benzene rings is 1. The lowest BCUT2D eigenvalue weighted by atomic mass is 10.1. The quantitative estimate of drug-likeness (QED) is 0.603. The van der Waals surface area contributed by atoms with E-state index in [1.165, 1.54) is 19.2 Å². The lowest BCUT2D eigenvalue weighted by Crippen LogP contribution is -2.30. The fourth-order valence-corrected chi connectivity index (χ4v) is 1.76. The van der Waals surface area contributed by atoms with E-state index in [1.54, 1.807) is 18.3 Å². The van der Waals surface area contributed by atoms with Crippen molar-refractivity contribution in [2.24, 2.45) is 0 Å². The molecule has 1 heterocycles. The Balaban J connectivity index is 1.96. The first-order valence-corrected chi connectivity index (χ1v) is 6.48. The van der Waals surface area contributed by atoms with Crippen molar-refractivity contribution in [3.8, 4) is 5.75 Å². The molecule has 1 aromatic carbocycles. The van der Waals surface area contributed by atoms with Gasteiger partial charge in [0, 0.05) is 19.4 Å². The molecule has 0 unspecified atom stereocenters. The number of halogens is 1. The molecular weight excluding hydrogens is 291 g/mol. The highest BCUT2D eigenvalue weighted by molar-refractivity contribution is 6.01. The van der Waals surface area contributed by atoms with Gasteiger partial charge in [0.15, 0.2) is 12.6 Å². The number of hydrogen-bond donors (Lipinski definition) is 2. The second-order valence-electron chi connectivity index (χ2n) is 4.38. The lowest BCUT2D eigenvalue weighted by Gasteiger charge is -2.08. The molecular formula is C15H15FN2O4. The molecule has 0 radical (unpaired) electrons. The van der Waals surface area contributed by atoms with Crippen LogP contribution in [-0.4, -0.2) is 37.1 Å². The van der Waals surface area contributed by atoms with Crippen molar-refractivity contribution in [3.05, 3.63) is 53.6 Å². The molecule has 2 rings (SSSR count). The summed E-state index contributed by atoms with van der Waals surface area (Å²) in [5.74, 6) is -1.42. The first kappa shape index (κ1) is 15.7. The van der Waals surface area contributed by atoms with Gasteiger partial charge in [-0.05, 0) is 24.3 Å². The molecule has 0 aliphatic rings. The highest BCUT2D eigenvalue weighted by atomic mass is 19.1. The first-order chi connectivity index (χ1) is 10.6. The number of aromatic nitrogens is 1. The van der Waals surface area contributed by atoms with E-state index in [2.05, 4.69) is 10.3 Å². The minimum atomic E-state index is -0.715. The summed E-state index contributed by atoms with van der Waals surface area (Å²) in [6, 6.07) is 7.10. The Hall–Kier alpha value is -2.67. The number of aromatic amines is 1. The average Bonchev–Trinajstić information content (AvgIpc) is 3.04. The van der Waals surface area contributed by atoms with E-state index in [0.717, 1.165) is 6.07 Å². The summed E-state index contributed by atoms with van der Waals surface area (Å²) in [6.07, 6.45) is 1.59.